The van der Waals surface area contributed by atoms with Gasteiger partial charge in [0, 0.05) is 33.2 Å². The van der Waals surface area contributed by atoms with E-state index in [-0.39, 0.29) is 5.82 Å². The third-order valence-corrected chi connectivity index (χ3v) is 5.23. The molecule has 0 unspecified atom stereocenters. The minimum absolute atomic E-state index is 0.201. The first-order chi connectivity index (χ1) is 14.6. The molecule has 1 saturated heterocycles. The molecule has 1 heterocycles. The fourth-order valence-corrected chi connectivity index (χ4v) is 3.47. The molecule has 30 heavy (non-hydrogen) atoms. The van der Waals surface area contributed by atoms with Crippen LogP contribution in [0.2, 0.25) is 0 Å². The number of aryl methyl sites for hydroxylation is 1. The number of anilines is 1. The van der Waals surface area contributed by atoms with Crippen molar-refractivity contribution in [2.24, 2.45) is 4.99 Å². The molecule has 162 valence electrons. The minimum atomic E-state index is -0.201. The molecule has 0 aliphatic carbocycles. The molecule has 6 nitrogen and oxygen atoms in total. The molecule has 7 heteroatoms. The molecule has 0 atom stereocenters. The van der Waals surface area contributed by atoms with Gasteiger partial charge < -0.3 is 25.0 Å². The van der Waals surface area contributed by atoms with Crippen molar-refractivity contribution < 1.29 is 13.9 Å². The van der Waals surface area contributed by atoms with Gasteiger partial charge in [0.15, 0.2) is 5.96 Å². The van der Waals surface area contributed by atoms with Gasteiger partial charge in [-0.25, -0.2) is 4.39 Å². The number of hydrogen-bond donors (Lipinski definition) is 2. The van der Waals surface area contributed by atoms with Gasteiger partial charge in [-0.2, -0.15) is 0 Å². The van der Waals surface area contributed by atoms with Crippen LogP contribution in [0.3, 0.4) is 0 Å². The first kappa shape index (κ1) is 21.9. The average molecular weight is 415 g/mol. The van der Waals surface area contributed by atoms with E-state index in [1.165, 1.54) is 5.56 Å². The second kappa shape index (κ2) is 10.8. The molecule has 3 rings (SSSR count). The van der Waals surface area contributed by atoms with Gasteiger partial charge in [0.25, 0.3) is 0 Å². The Hall–Kier alpha value is -2.80. The zero-order chi connectivity index (χ0) is 21.3. The summed E-state index contributed by atoms with van der Waals surface area (Å²) < 4.78 is 25.3. The number of guanidine groups is 1. The number of nitrogens with zero attached hydrogens (tertiary/aromatic N) is 2. The summed E-state index contributed by atoms with van der Waals surface area (Å²) in [5.41, 5.74) is 3.83. The largest absolute Gasteiger partial charge is 0.496 e. The van der Waals surface area contributed by atoms with Crippen LogP contribution in [-0.2, 0) is 17.7 Å². The lowest BCUT2D eigenvalue weighted by Gasteiger charge is -2.29. The maximum atomic E-state index is 14.6. The van der Waals surface area contributed by atoms with Crippen LogP contribution in [0.5, 0.6) is 5.75 Å². The zero-order valence-electron chi connectivity index (χ0n) is 18.0. The summed E-state index contributed by atoms with van der Waals surface area (Å²) >= 11 is 0. The zero-order valence-corrected chi connectivity index (χ0v) is 18.0. The fraction of sp³-hybridized carbons (Fsp3) is 0.435. The number of ether oxygens (including phenoxy) is 2. The molecule has 0 aromatic heterocycles. The van der Waals surface area contributed by atoms with Gasteiger partial charge >= 0.3 is 0 Å². The van der Waals surface area contributed by atoms with Gasteiger partial charge in [0.05, 0.1) is 26.0 Å². The van der Waals surface area contributed by atoms with Crippen molar-refractivity contribution in [3.05, 3.63) is 58.9 Å². The molecule has 0 spiro atoms. The van der Waals surface area contributed by atoms with E-state index in [9.17, 15) is 4.39 Å². The van der Waals surface area contributed by atoms with Gasteiger partial charge in [0.1, 0.15) is 11.6 Å². The Morgan fingerprint density at radius 3 is 2.60 bits per heavy atom. The molecule has 2 aromatic rings. The Morgan fingerprint density at radius 1 is 1.13 bits per heavy atom. The van der Waals surface area contributed by atoms with Crippen LogP contribution in [-0.4, -0.2) is 53.0 Å². The molecule has 0 radical (unpaired) electrons. The van der Waals surface area contributed by atoms with Crippen molar-refractivity contribution in [3.63, 3.8) is 0 Å². The molecule has 0 bridgehead atoms. The standard InChI is InChI=1S/C23H31FN4O2/c1-17-4-5-18(15-22(17)29-3)8-9-26-23(25-2)27-16-19-6-7-21(20(24)14-19)28-10-12-30-13-11-28/h4-7,14-15H,8-13,16H2,1-3H3,(H2,25,26,27). The molecule has 0 amide bonds. The third-order valence-electron chi connectivity index (χ3n) is 5.23. The Balaban J connectivity index is 1.48. The summed E-state index contributed by atoms with van der Waals surface area (Å²) in [6.07, 6.45) is 0.847. The number of hydrogen-bond acceptors (Lipinski definition) is 4. The summed E-state index contributed by atoms with van der Waals surface area (Å²) in [5.74, 6) is 1.39. The van der Waals surface area contributed by atoms with E-state index in [4.69, 9.17) is 9.47 Å². The number of methoxy groups -OCH3 is 1. The maximum Gasteiger partial charge on any atom is 0.191 e. The van der Waals surface area contributed by atoms with Gasteiger partial charge in [0.2, 0.25) is 0 Å². The minimum Gasteiger partial charge on any atom is -0.496 e. The second-order valence-electron chi connectivity index (χ2n) is 7.29. The predicted octanol–water partition coefficient (Wildman–Crippen LogP) is 2.89. The second-order valence-corrected chi connectivity index (χ2v) is 7.29. The molecule has 1 fully saturated rings. The van der Waals surface area contributed by atoms with Gasteiger partial charge in [-0.15, -0.1) is 0 Å². The Morgan fingerprint density at radius 2 is 1.90 bits per heavy atom. The highest BCUT2D eigenvalue weighted by Crippen LogP contribution is 2.22. The van der Waals surface area contributed by atoms with E-state index in [1.807, 2.05) is 24.0 Å². The van der Waals surface area contributed by atoms with Crippen molar-refractivity contribution in [1.82, 2.24) is 10.6 Å². The summed E-state index contributed by atoms with van der Waals surface area (Å²) in [5, 5.41) is 6.54. The number of halogens is 1. The SMILES string of the molecule is CN=C(NCCc1ccc(C)c(OC)c1)NCc1ccc(N2CCOCC2)c(F)c1. The summed E-state index contributed by atoms with van der Waals surface area (Å²) in [4.78, 5) is 6.27. The molecule has 1 aliphatic heterocycles. The number of nitrogens with one attached hydrogen (secondary N) is 2. The normalized spacial score (nSPS) is 14.5. The Kier molecular flexibility index (Phi) is 7.90. The Bertz CT molecular complexity index is 866. The van der Waals surface area contributed by atoms with Crippen LogP contribution in [0.15, 0.2) is 41.4 Å². The van der Waals surface area contributed by atoms with Crippen LogP contribution in [0, 0.1) is 12.7 Å². The van der Waals surface area contributed by atoms with Crippen molar-refractivity contribution in [1.29, 1.82) is 0 Å². The topological polar surface area (TPSA) is 58.1 Å². The smallest absolute Gasteiger partial charge is 0.191 e. The van der Waals surface area contributed by atoms with Gasteiger partial charge in [-0.3, -0.25) is 4.99 Å². The van der Waals surface area contributed by atoms with Crippen molar-refractivity contribution >= 4 is 11.6 Å². The van der Waals surface area contributed by atoms with E-state index >= 15 is 0 Å². The number of aliphatic imine (C=N–C) groups is 1. The summed E-state index contributed by atoms with van der Waals surface area (Å²) in [7, 11) is 3.42. The first-order valence-corrected chi connectivity index (χ1v) is 10.3. The molecule has 1 aliphatic rings. The summed E-state index contributed by atoms with van der Waals surface area (Å²) in [6.45, 7) is 5.98. The van der Waals surface area contributed by atoms with Crippen LogP contribution in [0.4, 0.5) is 10.1 Å². The quantitative estimate of drug-likeness (QED) is 0.539. The summed E-state index contributed by atoms with van der Waals surface area (Å²) in [6, 6.07) is 11.6. The van der Waals surface area contributed by atoms with E-state index in [0.29, 0.717) is 31.4 Å². The van der Waals surface area contributed by atoms with Crippen molar-refractivity contribution in [2.45, 2.75) is 19.9 Å². The van der Waals surface area contributed by atoms with Gasteiger partial charge in [-0.1, -0.05) is 18.2 Å². The third kappa shape index (κ3) is 5.86. The average Bonchev–Trinajstić information content (AvgIpc) is 2.77. The molecular formula is C23H31FN4O2. The van der Waals surface area contributed by atoms with Crippen LogP contribution < -0.4 is 20.3 Å². The van der Waals surface area contributed by atoms with Crippen LogP contribution in [0.1, 0.15) is 16.7 Å². The Labute approximate surface area is 178 Å². The van der Waals surface area contributed by atoms with Gasteiger partial charge in [-0.05, 0) is 48.2 Å². The fourth-order valence-electron chi connectivity index (χ4n) is 3.47. The van der Waals surface area contributed by atoms with E-state index in [0.717, 1.165) is 42.9 Å². The molecular weight excluding hydrogens is 383 g/mol. The lowest BCUT2D eigenvalue weighted by atomic mass is 10.1. The maximum absolute atomic E-state index is 14.6. The lowest BCUT2D eigenvalue weighted by molar-refractivity contribution is 0.122. The van der Waals surface area contributed by atoms with Crippen LogP contribution in [0.25, 0.3) is 0 Å². The number of benzene rings is 2. The highest BCUT2D eigenvalue weighted by Gasteiger charge is 2.15. The number of rotatable bonds is 7. The molecule has 2 N–H and O–H groups in total. The highest BCUT2D eigenvalue weighted by molar-refractivity contribution is 5.79. The van der Waals surface area contributed by atoms with E-state index in [1.54, 1.807) is 20.2 Å². The predicted molar refractivity (Wildman–Crippen MR) is 119 cm³/mol. The first-order valence-electron chi connectivity index (χ1n) is 10.3. The van der Waals surface area contributed by atoms with Crippen molar-refractivity contribution in [2.75, 3.05) is 51.9 Å². The van der Waals surface area contributed by atoms with Crippen LogP contribution >= 0.6 is 0 Å². The molecule has 0 saturated carbocycles. The number of morpholine rings is 1. The van der Waals surface area contributed by atoms with Crippen molar-refractivity contribution in [3.8, 4) is 5.75 Å². The highest BCUT2D eigenvalue weighted by atomic mass is 19.1. The monoisotopic (exact) mass is 414 g/mol. The van der Waals surface area contributed by atoms with E-state index in [2.05, 4.69) is 33.8 Å². The van der Waals surface area contributed by atoms with E-state index < -0.39 is 0 Å². The lowest BCUT2D eigenvalue weighted by Crippen LogP contribution is -2.38. The molecule has 2 aromatic carbocycles.